The molecule has 1 aromatic carbocycles. The largest absolute Gasteiger partial charge is 0.493 e. The van der Waals surface area contributed by atoms with Gasteiger partial charge in [0.25, 0.3) is 0 Å². The summed E-state index contributed by atoms with van der Waals surface area (Å²) in [5.74, 6) is -0.0971. The van der Waals surface area contributed by atoms with Crippen molar-refractivity contribution < 1.29 is 5.11 Å². The van der Waals surface area contributed by atoms with Crippen LogP contribution < -0.4 is 5.69 Å². The fourth-order valence-corrected chi connectivity index (χ4v) is 2.19. The topological polar surface area (TPSA) is 70.4 Å². The van der Waals surface area contributed by atoms with Crippen LogP contribution in [0.5, 0.6) is 5.88 Å². The van der Waals surface area contributed by atoms with Crippen molar-refractivity contribution in [1.82, 2.24) is 9.55 Å². The number of aliphatic imine (C=N–C) groups is 1. The van der Waals surface area contributed by atoms with Gasteiger partial charge in [-0.25, -0.2) is 4.79 Å². The van der Waals surface area contributed by atoms with E-state index in [4.69, 9.17) is 0 Å². The number of para-hydroxylation sites is 1. The maximum absolute atomic E-state index is 11.7. The molecule has 0 amide bonds. The second-order valence-corrected chi connectivity index (χ2v) is 4.44. The monoisotopic (exact) mass is 267 g/mol. The van der Waals surface area contributed by atoms with E-state index in [0.717, 1.165) is 16.8 Å². The van der Waals surface area contributed by atoms with Crippen LogP contribution in [0.1, 0.15) is 11.3 Å². The molecule has 2 aromatic rings. The van der Waals surface area contributed by atoms with Gasteiger partial charge in [-0.15, -0.1) is 6.58 Å². The van der Waals surface area contributed by atoms with Gasteiger partial charge in [0, 0.05) is 23.9 Å². The van der Waals surface area contributed by atoms with Crippen LogP contribution in [0.15, 0.2) is 46.7 Å². The SMILES string of the molecule is C=CCn1c(O)c(C=C2C=Nc3ccccc32)[nH]c1=O. The summed E-state index contributed by atoms with van der Waals surface area (Å²) in [6.45, 7) is 3.82. The molecule has 5 nitrogen and oxygen atoms in total. The van der Waals surface area contributed by atoms with Crippen molar-refractivity contribution in [3.63, 3.8) is 0 Å². The lowest BCUT2D eigenvalue weighted by Crippen LogP contribution is -2.15. The molecular formula is C15H13N3O2. The number of allylic oxidation sites excluding steroid dienone is 2. The summed E-state index contributed by atoms with van der Waals surface area (Å²) in [5.41, 5.74) is 2.71. The molecule has 0 radical (unpaired) electrons. The first kappa shape index (κ1) is 12.2. The Morgan fingerprint density at radius 3 is 3.00 bits per heavy atom. The van der Waals surface area contributed by atoms with E-state index in [1.807, 2.05) is 24.3 Å². The zero-order valence-electron chi connectivity index (χ0n) is 10.7. The molecule has 2 N–H and O–H groups in total. The van der Waals surface area contributed by atoms with E-state index in [1.54, 1.807) is 18.4 Å². The first-order valence-corrected chi connectivity index (χ1v) is 6.18. The quantitative estimate of drug-likeness (QED) is 0.838. The molecule has 1 aliphatic rings. The van der Waals surface area contributed by atoms with Crippen molar-refractivity contribution in [1.29, 1.82) is 0 Å². The van der Waals surface area contributed by atoms with Gasteiger partial charge in [-0.05, 0) is 12.1 Å². The number of aromatic amines is 1. The van der Waals surface area contributed by atoms with Gasteiger partial charge in [-0.3, -0.25) is 9.56 Å². The van der Waals surface area contributed by atoms with Crippen LogP contribution >= 0.6 is 0 Å². The molecule has 0 aliphatic carbocycles. The van der Waals surface area contributed by atoms with E-state index in [0.29, 0.717) is 5.69 Å². The number of imidazole rings is 1. The predicted molar refractivity (Wildman–Crippen MR) is 79.4 cm³/mol. The minimum Gasteiger partial charge on any atom is -0.493 e. The summed E-state index contributed by atoms with van der Waals surface area (Å²) in [6.07, 6.45) is 4.98. The summed E-state index contributed by atoms with van der Waals surface area (Å²) in [5, 5.41) is 10.0. The first-order chi connectivity index (χ1) is 9.70. The van der Waals surface area contributed by atoms with Crippen LogP contribution in [0.2, 0.25) is 0 Å². The third kappa shape index (κ3) is 1.89. The van der Waals surface area contributed by atoms with Gasteiger partial charge in [-0.1, -0.05) is 24.3 Å². The van der Waals surface area contributed by atoms with Gasteiger partial charge in [-0.2, -0.15) is 0 Å². The number of rotatable bonds is 3. The maximum atomic E-state index is 11.7. The Labute approximate surface area is 115 Å². The van der Waals surface area contributed by atoms with Gasteiger partial charge in [0.05, 0.1) is 5.69 Å². The summed E-state index contributed by atoms with van der Waals surface area (Å²) in [7, 11) is 0. The lowest BCUT2D eigenvalue weighted by atomic mass is 10.1. The Morgan fingerprint density at radius 2 is 2.20 bits per heavy atom. The lowest BCUT2D eigenvalue weighted by Gasteiger charge is -1.99. The molecule has 20 heavy (non-hydrogen) atoms. The molecule has 2 heterocycles. The molecular weight excluding hydrogens is 254 g/mol. The molecule has 5 heteroatoms. The number of hydrogen-bond acceptors (Lipinski definition) is 3. The van der Waals surface area contributed by atoms with Crippen molar-refractivity contribution in [2.75, 3.05) is 0 Å². The van der Waals surface area contributed by atoms with E-state index < -0.39 is 0 Å². The number of aromatic hydroxyl groups is 1. The van der Waals surface area contributed by atoms with Gasteiger partial charge >= 0.3 is 5.69 Å². The summed E-state index contributed by atoms with van der Waals surface area (Å²) < 4.78 is 1.22. The normalized spacial score (nSPS) is 14.7. The molecule has 0 bridgehead atoms. The molecule has 3 rings (SSSR count). The predicted octanol–water partition coefficient (Wildman–Crippen LogP) is 2.32. The van der Waals surface area contributed by atoms with Crippen LogP contribution in [0.3, 0.4) is 0 Å². The summed E-state index contributed by atoms with van der Waals surface area (Å²) in [4.78, 5) is 18.6. The number of nitrogens with one attached hydrogen (secondary N) is 1. The number of nitrogens with zero attached hydrogens (tertiary/aromatic N) is 2. The molecule has 1 aliphatic heterocycles. The Morgan fingerprint density at radius 1 is 1.40 bits per heavy atom. The Hall–Kier alpha value is -2.82. The van der Waals surface area contributed by atoms with Crippen LogP contribution in [0.25, 0.3) is 11.6 Å². The highest BCUT2D eigenvalue weighted by atomic mass is 16.3. The second-order valence-electron chi connectivity index (χ2n) is 4.44. The van der Waals surface area contributed by atoms with Crippen molar-refractivity contribution in [2.45, 2.75) is 6.54 Å². The van der Waals surface area contributed by atoms with Gasteiger partial charge < -0.3 is 10.1 Å². The van der Waals surface area contributed by atoms with E-state index in [9.17, 15) is 9.90 Å². The zero-order valence-corrected chi connectivity index (χ0v) is 10.7. The molecule has 1 aromatic heterocycles. The minimum atomic E-state index is -0.363. The maximum Gasteiger partial charge on any atom is 0.329 e. The van der Waals surface area contributed by atoms with Gasteiger partial charge in [0.1, 0.15) is 5.69 Å². The lowest BCUT2D eigenvalue weighted by molar-refractivity contribution is 0.422. The Bertz CT molecular complexity index is 794. The molecule has 100 valence electrons. The highest BCUT2D eigenvalue weighted by Gasteiger charge is 2.15. The van der Waals surface area contributed by atoms with Crippen LogP contribution in [-0.4, -0.2) is 20.9 Å². The highest BCUT2D eigenvalue weighted by molar-refractivity contribution is 6.21. The standard InChI is InChI=1S/C15H13N3O2/c1-2-7-18-14(19)13(17-15(18)20)8-10-9-16-12-6-4-3-5-11(10)12/h2-6,8-9,19H,1,7H2,(H,17,20). The molecule has 0 saturated carbocycles. The second kappa shape index (κ2) is 4.70. The molecule has 0 saturated heterocycles. The molecule has 0 atom stereocenters. The van der Waals surface area contributed by atoms with Crippen molar-refractivity contribution in [2.24, 2.45) is 4.99 Å². The Balaban J connectivity index is 2.07. The fraction of sp³-hybridized carbons (Fsp3) is 0.0667. The highest BCUT2D eigenvalue weighted by Crippen LogP contribution is 2.32. The number of hydrogen-bond donors (Lipinski definition) is 2. The minimum absolute atomic E-state index is 0.0971. The summed E-state index contributed by atoms with van der Waals surface area (Å²) in [6, 6.07) is 7.70. The summed E-state index contributed by atoms with van der Waals surface area (Å²) >= 11 is 0. The Kier molecular flexibility index (Phi) is 2.87. The molecule has 0 unspecified atom stereocenters. The van der Waals surface area contributed by atoms with Crippen LogP contribution in [0, 0.1) is 0 Å². The van der Waals surface area contributed by atoms with Crippen molar-refractivity contribution in [3.8, 4) is 5.88 Å². The van der Waals surface area contributed by atoms with Gasteiger partial charge in [0.2, 0.25) is 5.88 Å². The fourth-order valence-electron chi connectivity index (χ4n) is 2.19. The van der Waals surface area contributed by atoms with E-state index in [2.05, 4.69) is 16.6 Å². The number of fused-ring (bicyclic) bond motifs is 1. The molecule has 0 spiro atoms. The number of H-pyrrole nitrogens is 1. The first-order valence-electron chi connectivity index (χ1n) is 6.18. The van der Waals surface area contributed by atoms with E-state index in [1.165, 1.54) is 4.57 Å². The average Bonchev–Trinajstić information content (AvgIpc) is 2.97. The van der Waals surface area contributed by atoms with Gasteiger partial charge in [0.15, 0.2) is 0 Å². The van der Waals surface area contributed by atoms with Crippen LogP contribution in [0.4, 0.5) is 5.69 Å². The number of aromatic nitrogens is 2. The van der Waals surface area contributed by atoms with Crippen molar-refractivity contribution in [3.05, 3.63) is 58.7 Å². The third-order valence-corrected chi connectivity index (χ3v) is 3.15. The van der Waals surface area contributed by atoms with E-state index >= 15 is 0 Å². The molecule has 0 fully saturated rings. The van der Waals surface area contributed by atoms with Crippen molar-refractivity contribution >= 4 is 23.6 Å². The van der Waals surface area contributed by atoms with Crippen LogP contribution in [-0.2, 0) is 6.54 Å². The average molecular weight is 267 g/mol. The van der Waals surface area contributed by atoms with E-state index in [-0.39, 0.29) is 18.1 Å². The third-order valence-electron chi connectivity index (χ3n) is 3.15. The number of benzene rings is 1. The smallest absolute Gasteiger partial charge is 0.329 e. The zero-order chi connectivity index (χ0) is 14.1.